The largest absolute Gasteiger partial charge is 0.311 e. The van der Waals surface area contributed by atoms with Crippen LogP contribution in [0.25, 0.3) is 0 Å². The van der Waals surface area contributed by atoms with E-state index in [-0.39, 0.29) is 0 Å². The maximum absolute atomic E-state index is 4.39. The highest BCUT2D eigenvalue weighted by Crippen LogP contribution is 2.56. The number of nitrogens with zero attached hydrogens (tertiary/aromatic N) is 2. The Hall–Kier alpha value is -0.830. The minimum atomic E-state index is 0.675. The highest BCUT2D eigenvalue weighted by Gasteiger charge is 2.48. The molecular formula is C13H21N3. The Kier molecular flexibility index (Phi) is 2.51. The molecule has 3 rings (SSSR count). The molecule has 0 amide bonds. The summed E-state index contributed by atoms with van der Waals surface area (Å²) >= 11 is 0. The summed E-state index contributed by atoms with van der Waals surface area (Å²) < 4.78 is 1.87. The van der Waals surface area contributed by atoms with Crippen LogP contribution in [0.4, 0.5) is 0 Å². The summed E-state index contributed by atoms with van der Waals surface area (Å²) in [6.45, 7) is 2.13. The molecule has 0 radical (unpaired) electrons. The van der Waals surface area contributed by atoms with Gasteiger partial charge in [-0.1, -0.05) is 6.42 Å². The summed E-state index contributed by atoms with van der Waals surface area (Å²) in [4.78, 5) is 0. The van der Waals surface area contributed by atoms with Crippen molar-refractivity contribution >= 4 is 0 Å². The lowest BCUT2D eigenvalue weighted by atomic mass is 9.65. The van der Waals surface area contributed by atoms with Crippen LogP contribution >= 0.6 is 0 Å². The van der Waals surface area contributed by atoms with Crippen molar-refractivity contribution in [1.29, 1.82) is 0 Å². The zero-order chi connectivity index (χ0) is 11.0. The van der Waals surface area contributed by atoms with Crippen molar-refractivity contribution in [3.63, 3.8) is 0 Å². The van der Waals surface area contributed by atoms with Gasteiger partial charge in [-0.2, -0.15) is 5.10 Å². The van der Waals surface area contributed by atoms with E-state index < -0.39 is 0 Å². The fraction of sp³-hybridized carbons (Fsp3) is 0.769. The highest BCUT2D eigenvalue weighted by molar-refractivity contribution is 5.02. The van der Waals surface area contributed by atoms with Crippen LogP contribution in [0.1, 0.15) is 37.8 Å². The van der Waals surface area contributed by atoms with Crippen LogP contribution in [-0.4, -0.2) is 16.3 Å². The van der Waals surface area contributed by atoms with Crippen molar-refractivity contribution in [3.05, 3.63) is 18.0 Å². The fourth-order valence-electron chi connectivity index (χ4n) is 3.05. The van der Waals surface area contributed by atoms with E-state index in [2.05, 4.69) is 16.5 Å². The minimum absolute atomic E-state index is 0.675. The van der Waals surface area contributed by atoms with Crippen molar-refractivity contribution in [2.45, 2.75) is 38.6 Å². The first kappa shape index (κ1) is 10.3. The Morgan fingerprint density at radius 2 is 2.31 bits per heavy atom. The average molecular weight is 219 g/mol. The van der Waals surface area contributed by atoms with Gasteiger partial charge in [-0.3, -0.25) is 4.68 Å². The van der Waals surface area contributed by atoms with Crippen molar-refractivity contribution in [2.24, 2.45) is 18.4 Å². The number of aromatic nitrogens is 2. The van der Waals surface area contributed by atoms with E-state index in [9.17, 15) is 0 Å². The minimum Gasteiger partial charge on any atom is -0.311 e. The van der Waals surface area contributed by atoms with Crippen molar-refractivity contribution in [3.8, 4) is 0 Å². The van der Waals surface area contributed by atoms with Crippen LogP contribution in [-0.2, 0) is 13.6 Å². The summed E-state index contributed by atoms with van der Waals surface area (Å²) in [5.74, 6) is 1.04. The van der Waals surface area contributed by atoms with Gasteiger partial charge in [0.1, 0.15) is 0 Å². The van der Waals surface area contributed by atoms with E-state index in [1.54, 1.807) is 0 Å². The number of hydrogen-bond donors (Lipinski definition) is 1. The van der Waals surface area contributed by atoms with Gasteiger partial charge in [0.25, 0.3) is 0 Å². The maximum Gasteiger partial charge on any atom is 0.0762 e. The molecular weight excluding hydrogens is 198 g/mol. The molecule has 0 aliphatic heterocycles. The molecule has 1 N–H and O–H groups in total. The predicted molar refractivity (Wildman–Crippen MR) is 63.9 cm³/mol. The van der Waals surface area contributed by atoms with Gasteiger partial charge in [0, 0.05) is 26.3 Å². The van der Waals surface area contributed by atoms with Gasteiger partial charge in [0.15, 0.2) is 0 Å². The zero-order valence-corrected chi connectivity index (χ0v) is 10.1. The standard InChI is InChI=1S/C13H21N3/c1-16-8-5-12(15-16)9-14-10-13(6-2-7-13)11-3-4-11/h5,8,11,14H,2-4,6-7,9-10H2,1H3. The lowest BCUT2D eigenvalue weighted by molar-refractivity contribution is 0.0985. The molecule has 3 nitrogen and oxygen atoms in total. The fourth-order valence-corrected chi connectivity index (χ4v) is 3.05. The van der Waals surface area contributed by atoms with E-state index >= 15 is 0 Å². The molecule has 3 heteroatoms. The molecule has 16 heavy (non-hydrogen) atoms. The van der Waals surface area contributed by atoms with Gasteiger partial charge in [0.2, 0.25) is 0 Å². The first-order valence-electron chi connectivity index (χ1n) is 6.48. The van der Waals surface area contributed by atoms with Crippen LogP contribution in [0, 0.1) is 11.3 Å². The van der Waals surface area contributed by atoms with E-state index in [1.165, 1.54) is 38.6 Å². The molecule has 0 atom stereocenters. The first-order valence-corrected chi connectivity index (χ1v) is 6.48. The monoisotopic (exact) mass is 219 g/mol. The second-order valence-electron chi connectivity index (χ2n) is 5.57. The lowest BCUT2D eigenvalue weighted by Crippen LogP contribution is -2.41. The van der Waals surface area contributed by atoms with Gasteiger partial charge in [-0.25, -0.2) is 0 Å². The van der Waals surface area contributed by atoms with Crippen LogP contribution in [0.2, 0.25) is 0 Å². The average Bonchev–Trinajstić information content (AvgIpc) is 2.96. The molecule has 0 spiro atoms. The Morgan fingerprint density at radius 1 is 1.50 bits per heavy atom. The number of hydrogen-bond acceptors (Lipinski definition) is 2. The molecule has 2 saturated carbocycles. The van der Waals surface area contributed by atoms with Gasteiger partial charge >= 0.3 is 0 Å². The molecule has 0 unspecified atom stereocenters. The predicted octanol–water partition coefficient (Wildman–Crippen LogP) is 2.09. The molecule has 1 aromatic heterocycles. The van der Waals surface area contributed by atoms with Crippen LogP contribution in [0.15, 0.2) is 12.3 Å². The second-order valence-corrected chi connectivity index (χ2v) is 5.57. The van der Waals surface area contributed by atoms with Crippen LogP contribution < -0.4 is 5.32 Å². The normalized spacial score (nSPS) is 23.1. The molecule has 0 saturated heterocycles. The second kappa shape index (κ2) is 3.88. The van der Waals surface area contributed by atoms with Crippen molar-refractivity contribution in [1.82, 2.24) is 15.1 Å². The SMILES string of the molecule is Cn1ccc(CNCC2(C3CC3)CCC2)n1. The van der Waals surface area contributed by atoms with Crippen LogP contribution in [0.3, 0.4) is 0 Å². The quantitative estimate of drug-likeness (QED) is 0.822. The Labute approximate surface area is 97.2 Å². The molecule has 0 bridgehead atoms. The summed E-state index contributed by atoms with van der Waals surface area (Å²) in [5.41, 5.74) is 1.84. The topological polar surface area (TPSA) is 29.9 Å². The third kappa shape index (κ3) is 1.88. The third-order valence-corrected chi connectivity index (χ3v) is 4.34. The molecule has 2 fully saturated rings. The molecule has 2 aliphatic carbocycles. The van der Waals surface area contributed by atoms with Gasteiger partial charge in [0.05, 0.1) is 5.69 Å². The van der Waals surface area contributed by atoms with Crippen molar-refractivity contribution < 1.29 is 0 Å². The van der Waals surface area contributed by atoms with Gasteiger partial charge in [-0.05, 0) is 43.1 Å². The molecule has 88 valence electrons. The number of rotatable bonds is 5. The van der Waals surface area contributed by atoms with E-state index in [0.29, 0.717) is 5.41 Å². The Bertz CT molecular complexity index is 361. The zero-order valence-electron chi connectivity index (χ0n) is 10.1. The van der Waals surface area contributed by atoms with Gasteiger partial charge in [-0.15, -0.1) is 0 Å². The Balaban J connectivity index is 1.49. The van der Waals surface area contributed by atoms with E-state index in [0.717, 1.165) is 18.2 Å². The number of aryl methyl sites for hydroxylation is 1. The number of nitrogens with one attached hydrogen (secondary N) is 1. The molecule has 2 aliphatic rings. The summed E-state index contributed by atoms with van der Waals surface area (Å²) in [6, 6.07) is 2.09. The molecule has 1 aromatic rings. The van der Waals surface area contributed by atoms with Crippen molar-refractivity contribution in [2.75, 3.05) is 6.54 Å². The first-order chi connectivity index (χ1) is 7.78. The smallest absolute Gasteiger partial charge is 0.0762 e. The Morgan fingerprint density at radius 3 is 2.81 bits per heavy atom. The van der Waals surface area contributed by atoms with Crippen LogP contribution in [0.5, 0.6) is 0 Å². The van der Waals surface area contributed by atoms with E-state index in [4.69, 9.17) is 0 Å². The highest BCUT2D eigenvalue weighted by atomic mass is 15.3. The summed E-state index contributed by atoms with van der Waals surface area (Å²) in [7, 11) is 1.97. The van der Waals surface area contributed by atoms with E-state index in [1.807, 2.05) is 17.9 Å². The summed E-state index contributed by atoms with van der Waals surface area (Å²) in [6.07, 6.45) is 9.31. The van der Waals surface area contributed by atoms with Gasteiger partial charge < -0.3 is 5.32 Å². The molecule has 0 aromatic carbocycles. The third-order valence-electron chi connectivity index (χ3n) is 4.34. The molecule has 1 heterocycles. The lowest BCUT2D eigenvalue weighted by Gasteiger charge is -2.42. The maximum atomic E-state index is 4.39. The summed E-state index contributed by atoms with van der Waals surface area (Å²) in [5, 5.41) is 7.99.